The van der Waals surface area contributed by atoms with Gasteiger partial charge in [0.05, 0.1) is 6.42 Å². The average Bonchev–Trinajstić information content (AvgIpc) is 3.35. The Morgan fingerprint density at radius 1 is 0.971 bits per heavy atom. The summed E-state index contributed by atoms with van der Waals surface area (Å²) in [6.45, 7) is 1.99. The number of hydrogen-bond donors (Lipinski definition) is 2. The molecule has 1 aliphatic carbocycles. The van der Waals surface area contributed by atoms with Crippen molar-refractivity contribution in [1.29, 1.82) is 0 Å². The summed E-state index contributed by atoms with van der Waals surface area (Å²) in [6.07, 6.45) is -0.673. The van der Waals surface area contributed by atoms with Crippen LogP contribution in [-0.4, -0.2) is 41.8 Å². The van der Waals surface area contributed by atoms with Crippen LogP contribution in [0.4, 0.5) is 10.5 Å². The minimum absolute atomic E-state index is 0.0802. The van der Waals surface area contributed by atoms with Crippen LogP contribution >= 0.6 is 0 Å². The topological polar surface area (TPSA) is 95.9 Å². The lowest BCUT2D eigenvalue weighted by atomic mass is 9.98. The zero-order valence-corrected chi connectivity index (χ0v) is 19.3. The number of carbonyl (C=O) groups excluding carboxylic acids is 2. The van der Waals surface area contributed by atoms with Gasteiger partial charge in [0.2, 0.25) is 0 Å². The number of ether oxygens (including phenoxy) is 1. The quantitative estimate of drug-likeness (QED) is 0.559. The first-order valence-corrected chi connectivity index (χ1v) is 11.7. The number of para-hydroxylation sites is 1. The second-order valence-electron chi connectivity index (χ2n) is 9.01. The summed E-state index contributed by atoms with van der Waals surface area (Å²) in [5.74, 6) is -1.77. The number of carboxylic acids is 1. The molecule has 0 bridgehead atoms. The van der Waals surface area contributed by atoms with E-state index in [9.17, 15) is 19.5 Å². The summed E-state index contributed by atoms with van der Waals surface area (Å²) in [7, 11) is 0. The zero-order valence-electron chi connectivity index (χ0n) is 19.3. The van der Waals surface area contributed by atoms with Gasteiger partial charge in [-0.2, -0.15) is 0 Å². The molecule has 5 rings (SSSR count). The number of amides is 2. The molecule has 3 aromatic rings. The number of carboxylic acid groups (broad SMARTS) is 1. The summed E-state index contributed by atoms with van der Waals surface area (Å²) >= 11 is 0. The van der Waals surface area contributed by atoms with Gasteiger partial charge in [-0.15, -0.1) is 0 Å². The Labute approximate surface area is 203 Å². The number of anilines is 1. The summed E-state index contributed by atoms with van der Waals surface area (Å²) in [4.78, 5) is 39.2. The van der Waals surface area contributed by atoms with Crippen molar-refractivity contribution in [3.8, 4) is 11.1 Å². The Bertz CT molecular complexity index is 1260. The van der Waals surface area contributed by atoms with Gasteiger partial charge in [0.1, 0.15) is 12.6 Å². The Hall–Kier alpha value is -4.13. The Morgan fingerprint density at radius 2 is 1.57 bits per heavy atom. The van der Waals surface area contributed by atoms with E-state index < -0.39 is 30.4 Å². The molecule has 0 fully saturated rings. The van der Waals surface area contributed by atoms with Gasteiger partial charge in [-0.3, -0.25) is 9.59 Å². The number of aliphatic carboxylic acids is 1. The van der Waals surface area contributed by atoms with Crippen LogP contribution in [0, 0.1) is 0 Å². The SMILES string of the molecule is CC1Cc2ccccc2N1C(=O)C(CC(=O)O)NC(=O)OCC1c2ccccc2-c2ccccc21. The molecule has 1 heterocycles. The van der Waals surface area contributed by atoms with Crippen LogP contribution in [-0.2, 0) is 20.7 Å². The summed E-state index contributed by atoms with van der Waals surface area (Å²) in [6, 6.07) is 22.1. The van der Waals surface area contributed by atoms with Gasteiger partial charge in [-0.1, -0.05) is 66.7 Å². The van der Waals surface area contributed by atoms with Gasteiger partial charge < -0.3 is 20.1 Å². The van der Waals surface area contributed by atoms with E-state index >= 15 is 0 Å². The number of fused-ring (bicyclic) bond motifs is 4. The number of carbonyl (C=O) groups is 3. The highest BCUT2D eigenvalue weighted by atomic mass is 16.5. The fourth-order valence-corrected chi connectivity index (χ4v) is 5.23. The lowest BCUT2D eigenvalue weighted by molar-refractivity contribution is -0.139. The van der Waals surface area contributed by atoms with Crippen LogP contribution in [0.5, 0.6) is 0 Å². The Morgan fingerprint density at radius 3 is 2.23 bits per heavy atom. The molecule has 2 atom stereocenters. The maximum atomic E-state index is 13.4. The third-order valence-corrected chi connectivity index (χ3v) is 6.76. The van der Waals surface area contributed by atoms with E-state index in [2.05, 4.69) is 5.32 Å². The maximum Gasteiger partial charge on any atom is 0.407 e. The van der Waals surface area contributed by atoms with Gasteiger partial charge in [0, 0.05) is 17.6 Å². The first kappa shape index (κ1) is 22.7. The Kier molecular flexibility index (Phi) is 5.99. The number of hydrogen-bond acceptors (Lipinski definition) is 4. The normalized spacial score (nSPS) is 16.7. The van der Waals surface area contributed by atoms with E-state index in [-0.39, 0.29) is 18.6 Å². The van der Waals surface area contributed by atoms with E-state index in [1.807, 2.05) is 79.7 Å². The van der Waals surface area contributed by atoms with E-state index in [1.54, 1.807) is 4.90 Å². The number of alkyl carbamates (subject to hydrolysis) is 1. The highest BCUT2D eigenvalue weighted by Crippen LogP contribution is 2.44. The zero-order chi connectivity index (χ0) is 24.5. The monoisotopic (exact) mass is 470 g/mol. The highest BCUT2D eigenvalue weighted by Gasteiger charge is 2.37. The van der Waals surface area contributed by atoms with Crippen LogP contribution in [0.25, 0.3) is 11.1 Å². The van der Waals surface area contributed by atoms with Gasteiger partial charge in [0.15, 0.2) is 0 Å². The minimum Gasteiger partial charge on any atom is -0.481 e. The summed E-state index contributed by atoms with van der Waals surface area (Å²) in [5, 5.41) is 11.9. The summed E-state index contributed by atoms with van der Waals surface area (Å²) < 4.78 is 5.55. The van der Waals surface area contributed by atoms with E-state index in [1.165, 1.54) is 0 Å². The van der Waals surface area contributed by atoms with E-state index in [0.29, 0.717) is 6.42 Å². The second kappa shape index (κ2) is 9.25. The fourth-order valence-electron chi connectivity index (χ4n) is 5.23. The second-order valence-corrected chi connectivity index (χ2v) is 9.01. The van der Waals surface area contributed by atoms with E-state index in [0.717, 1.165) is 33.5 Å². The largest absolute Gasteiger partial charge is 0.481 e. The van der Waals surface area contributed by atoms with Crippen LogP contribution in [0.3, 0.4) is 0 Å². The Balaban J connectivity index is 1.31. The van der Waals surface area contributed by atoms with Crippen molar-refractivity contribution in [3.63, 3.8) is 0 Å². The van der Waals surface area contributed by atoms with E-state index in [4.69, 9.17) is 4.74 Å². The van der Waals surface area contributed by atoms with Crippen molar-refractivity contribution < 1.29 is 24.2 Å². The molecule has 1 aliphatic heterocycles. The third kappa shape index (κ3) is 4.25. The molecule has 2 aliphatic rings. The molecule has 0 saturated carbocycles. The standard InChI is InChI=1S/C28H26N2O5/c1-17-14-18-8-2-7-13-25(18)30(17)27(33)24(15-26(31)32)29-28(34)35-16-23-21-11-5-3-9-19(21)20-10-4-6-12-22(20)23/h2-13,17,23-24H,14-16H2,1H3,(H,29,34)(H,31,32). The molecule has 178 valence electrons. The maximum absolute atomic E-state index is 13.4. The molecule has 35 heavy (non-hydrogen) atoms. The molecule has 0 aromatic heterocycles. The molecular formula is C28H26N2O5. The molecule has 7 heteroatoms. The lowest BCUT2D eigenvalue weighted by Crippen LogP contribution is -2.51. The van der Waals surface area contributed by atoms with Crippen molar-refractivity contribution >= 4 is 23.7 Å². The third-order valence-electron chi connectivity index (χ3n) is 6.76. The van der Waals surface area contributed by atoms with Crippen molar-refractivity contribution in [2.75, 3.05) is 11.5 Å². The predicted molar refractivity (Wildman–Crippen MR) is 131 cm³/mol. The van der Waals surface area contributed by atoms with Gasteiger partial charge in [-0.05, 0) is 47.2 Å². The smallest absolute Gasteiger partial charge is 0.407 e. The number of nitrogens with one attached hydrogen (secondary N) is 1. The molecular weight excluding hydrogens is 444 g/mol. The minimum atomic E-state index is -1.24. The van der Waals surface area contributed by atoms with Crippen molar-refractivity contribution in [2.45, 2.75) is 37.8 Å². The number of benzene rings is 3. The first-order valence-electron chi connectivity index (χ1n) is 11.7. The molecule has 2 amide bonds. The van der Waals surface area contributed by atoms with Crippen LogP contribution in [0.15, 0.2) is 72.8 Å². The predicted octanol–water partition coefficient (Wildman–Crippen LogP) is 4.35. The van der Waals surface area contributed by atoms with Gasteiger partial charge in [0.25, 0.3) is 5.91 Å². The van der Waals surface area contributed by atoms with Crippen LogP contribution in [0.1, 0.15) is 36.0 Å². The molecule has 7 nitrogen and oxygen atoms in total. The summed E-state index contributed by atoms with van der Waals surface area (Å²) in [5.41, 5.74) is 6.12. The molecule has 2 N–H and O–H groups in total. The first-order chi connectivity index (χ1) is 16.9. The number of rotatable bonds is 6. The fraction of sp³-hybridized carbons (Fsp3) is 0.250. The number of nitrogens with zero attached hydrogens (tertiary/aromatic N) is 1. The van der Waals surface area contributed by atoms with Crippen LogP contribution < -0.4 is 10.2 Å². The molecule has 0 spiro atoms. The average molecular weight is 471 g/mol. The van der Waals surface area contributed by atoms with Gasteiger partial charge >= 0.3 is 12.1 Å². The molecule has 3 aromatic carbocycles. The molecule has 0 radical (unpaired) electrons. The van der Waals surface area contributed by atoms with Crippen molar-refractivity contribution in [2.24, 2.45) is 0 Å². The molecule has 0 saturated heterocycles. The lowest BCUT2D eigenvalue weighted by Gasteiger charge is -2.27. The van der Waals surface area contributed by atoms with Gasteiger partial charge in [-0.25, -0.2) is 4.79 Å². The van der Waals surface area contributed by atoms with Crippen molar-refractivity contribution in [1.82, 2.24) is 5.32 Å². The van der Waals surface area contributed by atoms with Crippen molar-refractivity contribution in [3.05, 3.63) is 89.5 Å². The highest BCUT2D eigenvalue weighted by molar-refractivity contribution is 6.02. The molecule has 2 unspecified atom stereocenters. The van der Waals surface area contributed by atoms with Crippen LogP contribution in [0.2, 0.25) is 0 Å².